The second kappa shape index (κ2) is 12.5. The number of rotatable bonds is 13. The van der Waals surface area contributed by atoms with Crippen LogP contribution in [0.2, 0.25) is 0 Å². The predicted octanol–water partition coefficient (Wildman–Crippen LogP) is 6.38. The average molecular weight is 612 g/mol. The zero-order valence-electron chi connectivity index (χ0n) is 26.1. The molecule has 3 aromatic heterocycles. The lowest BCUT2D eigenvalue weighted by Crippen LogP contribution is -2.52. The van der Waals surface area contributed by atoms with Crippen molar-refractivity contribution in [2.24, 2.45) is 5.41 Å². The van der Waals surface area contributed by atoms with Gasteiger partial charge in [-0.3, -0.25) is 9.36 Å². The van der Waals surface area contributed by atoms with Gasteiger partial charge in [-0.05, 0) is 50.7 Å². The van der Waals surface area contributed by atoms with Crippen LogP contribution in [-0.4, -0.2) is 38.4 Å². The molecule has 0 spiro atoms. The number of hydrogen-bond donors (Lipinski definition) is 1. The van der Waals surface area contributed by atoms with Gasteiger partial charge in [-0.1, -0.05) is 52.3 Å². The molecule has 0 saturated heterocycles. The molecule has 11 heteroatoms. The molecule has 0 bridgehead atoms. The highest BCUT2D eigenvalue weighted by Gasteiger charge is 2.37. The number of carbonyl (C=O) groups is 1. The van der Waals surface area contributed by atoms with Gasteiger partial charge in [-0.25, -0.2) is 19.1 Å². The third-order valence-corrected chi connectivity index (χ3v) is 9.72. The minimum atomic E-state index is -1.82. The van der Waals surface area contributed by atoms with Gasteiger partial charge in [-0.15, -0.1) is 11.3 Å². The SMILES string of the molecule is CCC[C@H](OC(Cn1c(=O)n(C(C)(C)C(=O)O)c(=O)c2c(C)c(-c3ncco3)sc21)c1ccccc1OC)C(C)(C)CC. The smallest absolute Gasteiger partial charge is 0.333 e. The van der Waals surface area contributed by atoms with Crippen LogP contribution in [0.15, 0.2) is 50.7 Å². The minimum Gasteiger partial charge on any atom is -0.496 e. The zero-order chi connectivity index (χ0) is 31.7. The summed E-state index contributed by atoms with van der Waals surface area (Å²) in [4.78, 5) is 45.8. The highest BCUT2D eigenvalue weighted by atomic mass is 32.1. The van der Waals surface area contributed by atoms with E-state index in [1.54, 1.807) is 14.0 Å². The monoisotopic (exact) mass is 611 g/mol. The third kappa shape index (κ3) is 5.92. The first-order chi connectivity index (χ1) is 20.3. The zero-order valence-corrected chi connectivity index (χ0v) is 26.9. The summed E-state index contributed by atoms with van der Waals surface area (Å²) >= 11 is 1.21. The molecule has 1 aromatic carbocycles. The van der Waals surface area contributed by atoms with Crippen LogP contribution in [0.1, 0.15) is 78.0 Å². The number of ether oxygens (including phenoxy) is 2. The van der Waals surface area contributed by atoms with Crippen LogP contribution in [0.25, 0.3) is 21.0 Å². The molecule has 0 fully saturated rings. The molecule has 0 saturated carbocycles. The molecule has 0 aliphatic heterocycles. The fourth-order valence-corrected chi connectivity index (χ4v) is 6.52. The maximum atomic E-state index is 14.3. The molecule has 232 valence electrons. The van der Waals surface area contributed by atoms with Gasteiger partial charge in [0.2, 0.25) is 5.89 Å². The Balaban J connectivity index is 2.04. The molecule has 0 radical (unpaired) electrons. The van der Waals surface area contributed by atoms with Crippen molar-refractivity contribution in [3.63, 3.8) is 0 Å². The lowest BCUT2D eigenvalue weighted by Gasteiger charge is -2.37. The predicted molar refractivity (Wildman–Crippen MR) is 167 cm³/mol. The Morgan fingerprint density at radius 1 is 1.16 bits per heavy atom. The van der Waals surface area contributed by atoms with Crippen molar-refractivity contribution in [3.05, 3.63) is 68.7 Å². The quantitative estimate of drug-likeness (QED) is 0.185. The van der Waals surface area contributed by atoms with E-state index in [-0.39, 0.29) is 23.4 Å². The van der Waals surface area contributed by atoms with Crippen molar-refractivity contribution in [2.45, 2.75) is 92.0 Å². The largest absolute Gasteiger partial charge is 0.496 e. The van der Waals surface area contributed by atoms with Gasteiger partial charge in [0.25, 0.3) is 5.56 Å². The topological polar surface area (TPSA) is 126 Å². The van der Waals surface area contributed by atoms with Gasteiger partial charge >= 0.3 is 11.7 Å². The molecular weight excluding hydrogens is 570 g/mol. The highest BCUT2D eigenvalue weighted by Crippen LogP contribution is 2.39. The normalized spacial score (nSPS) is 13.8. The molecule has 0 aliphatic rings. The first-order valence-corrected chi connectivity index (χ1v) is 15.3. The first kappa shape index (κ1) is 32.2. The Kier molecular flexibility index (Phi) is 9.36. The van der Waals surface area contributed by atoms with Crippen LogP contribution in [-0.2, 0) is 21.6 Å². The summed E-state index contributed by atoms with van der Waals surface area (Å²) in [6.07, 6.45) is 4.71. The van der Waals surface area contributed by atoms with Crippen molar-refractivity contribution in [1.29, 1.82) is 0 Å². The number of thiophene rings is 1. The van der Waals surface area contributed by atoms with E-state index in [1.807, 2.05) is 24.3 Å². The number of nitrogens with zero attached hydrogens (tertiary/aromatic N) is 3. The number of aromatic nitrogens is 3. The van der Waals surface area contributed by atoms with E-state index in [9.17, 15) is 19.5 Å². The van der Waals surface area contributed by atoms with Crippen molar-refractivity contribution in [3.8, 4) is 16.5 Å². The van der Waals surface area contributed by atoms with E-state index < -0.39 is 28.9 Å². The number of methoxy groups -OCH3 is 1. The summed E-state index contributed by atoms with van der Waals surface area (Å²) in [6.45, 7) is 13.0. The summed E-state index contributed by atoms with van der Waals surface area (Å²) in [5.41, 5.74) is -2.11. The van der Waals surface area contributed by atoms with Crippen LogP contribution in [0.5, 0.6) is 5.75 Å². The number of carboxylic acid groups (broad SMARTS) is 1. The number of aryl methyl sites for hydroxylation is 1. The Hall–Kier alpha value is -3.70. The molecule has 4 rings (SSSR count). The fraction of sp³-hybridized carbons (Fsp3) is 0.500. The minimum absolute atomic E-state index is 0.0106. The number of aliphatic carboxylic acids is 1. The standard InChI is InChI=1S/C32H41N3O7S/c1-9-13-23(31(4,5)10-2)42-22(20-14-11-12-15-21(20)40-8)18-34-28-24(19(3)25(43-28)26-33-16-17-41-26)27(36)35(30(34)39)32(6,7)29(37)38/h11-12,14-17,22-23H,9-10,13,18H2,1-8H3,(H,37,38)/t22?,23-/m0/s1. The molecular formula is C32H41N3O7S. The molecule has 3 heterocycles. The molecule has 0 aliphatic carbocycles. The highest BCUT2D eigenvalue weighted by molar-refractivity contribution is 7.22. The van der Waals surface area contributed by atoms with Gasteiger partial charge in [0.1, 0.15) is 28.5 Å². The number of carboxylic acids is 1. The maximum absolute atomic E-state index is 14.3. The van der Waals surface area contributed by atoms with E-state index >= 15 is 0 Å². The molecule has 1 N–H and O–H groups in total. The van der Waals surface area contributed by atoms with E-state index in [0.717, 1.165) is 29.4 Å². The van der Waals surface area contributed by atoms with Crippen LogP contribution in [0.4, 0.5) is 0 Å². The van der Waals surface area contributed by atoms with E-state index in [0.29, 0.717) is 26.9 Å². The number of fused-ring (bicyclic) bond motifs is 1. The van der Waals surface area contributed by atoms with Crippen LogP contribution in [0.3, 0.4) is 0 Å². The molecule has 2 atom stereocenters. The van der Waals surface area contributed by atoms with Crippen molar-refractivity contribution in [2.75, 3.05) is 7.11 Å². The summed E-state index contributed by atoms with van der Waals surface area (Å²) in [5.74, 6) is -0.390. The van der Waals surface area contributed by atoms with E-state index in [2.05, 4.69) is 32.7 Å². The van der Waals surface area contributed by atoms with Crippen LogP contribution in [0, 0.1) is 12.3 Å². The van der Waals surface area contributed by atoms with Crippen molar-refractivity contribution in [1.82, 2.24) is 14.1 Å². The molecule has 1 unspecified atom stereocenters. The second-order valence-electron chi connectivity index (χ2n) is 12.0. The fourth-order valence-electron chi connectivity index (χ4n) is 5.28. The average Bonchev–Trinajstić information content (AvgIpc) is 3.62. The molecule has 4 aromatic rings. The van der Waals surface area contributed by atoms with Crippen LogP contribution >= 0.6 is 11.3 Å². The van der Waals surface area contributed by atoms with Gasteiger partial charge < -0.3 is 19.0 Å². The lowest BCUT2D eigenvalue weighted by atomic mass is 9.81. The maximum Gasteiger partial charge on any atom is 0.333 e. The van der Waals surface area contributed by atoms with Crippen LogP contribution < -0.4 is 16.0 Å². The lowest BCUT2D eigenvalue weighted by molar-refractivity contribution is -0.146. The van der Waals surface area contributed by atoms with Gasteiger partial charge in [0.15, 0.2) is 0 Å². The van der Waals surface area contributed by atoms with Crippen molar-refractivity contribution < 1.29 is 23.8 Å². The first-order valence-electron chi connectivity index (χ1n) is 14.5. The summed E-state index contributed by atoms with van der Waals surface area (Å²) < 4.78 is 20.5. The van der Waals surface area contributed by atoms with Gasteiger partial charge in [-0.2, -0.15) is 0 Å². The molecule has 0 amide bonds. The Labute approximate surface area is 254 Å². The summed E-state index contributed by atoms with van der Waals surface area (Å²) in [7, 11) is 1.58. The Morgan fingerprint density at radius 3 is 2.44 bits per heavy atom. The van der Waals surface area contributed by atoms with Gasteiger partial charge in [0.05, 0.1) is 36.2 Å². The number of oxazole rings is 1. The van der Waals surface area contributed by atoms with Gasteiger partial charge in [0, 0.05) is 5.56 Å². The summed E-state index contributed by atoms with van der Waals surface area (Å²) in [6, 6.07) is 7.50. The molecule has 10 nitrogen and oxygen atoms in total. The van der Waals surface area contributed by atoms with E-state index in [4.69, 9.17) is 13.9 Å². The third-order valence-electron chi connectivity index (χ3n) is 8.42. The molecule has 43 heavy (non-hydrogen) atoms. The Morgan fingerprint density at radius 2 is 1.86 bits per heavy atom. The Bertz CT molecular complexity index is 1710. The summed E-state index contributed by atoms with van der Waals surface area (Å²) in [5, 5.41) is 10.3. The van der Waals surface area contributed by atoms with E-state index in [1.165, 1.54) is 42.2 Å². The van der Waals surface area contributed by atoms with Crippen molar-refractivity contribution >= 4 is 27.5 Å². The second-order valence-corrected chi connectivity index (χ2v) is 13.0. The number of para-hydroxylation sites is 1. The number of hydrogen-bond acceptors (Lipinski definition) is 8. The number of benzene rings is 1.